The molecule has 25 heavy (non-hydrogen) atoms. The first kappa shape index (κ1) is 17.6. The Morgan fingerprint density at radius 3 is 2.84 bits per heavy atom. The van der Waals surface area contributed by atoms with Gasteiger partial charge in [0, 0.05) is 38.6 Å². The molecule has 1 amide bonds. The average molecular weight is 339 g/mol. The monoisotopic (exact) mass is 339 g/mol. The first-order valence-electron chi connectivity index (χ1n) is 8.72. The molecule has 0 saturated carbocycles. The van der Waals surface area contributed by atoms with Crippen LogP contribution >= 0.6 is 0 Å². The van der Waals surface area contributed by atoms with Gasteiger partial charge in [0.05, 0.1) is 0 Å². The SMILES string of the molecule is CN(Cc1cccnc1)C[C@H]1CCN(C(=O)[C@@H](O)c2ccccc2)C1. The molecule has 5 heteroatoms. The molecular formula is C20H25N3O2. The van der Waals surface area contributed by atoms with Gasteiger partial charge in [0.25, 0.3) is 5.91 Å². The van der Waals surface area contributed by atoms with E-state index in [2.05, 4.69) is 23.0 Å². The molecule has 1 fully saturated rings. The Morgan fingerprint density at radius 1 is 1.32 bits per heavy atom. The normalized spacial score (nSPS) is 18.5. The van der Waals surface area contributed by atoms with Gasteiger partial charge < -0.3 is 14.9 Å². The number of hydrogen-bond acceptors (Lipinski definition) is 4. The first-order chi connectivity index (χ1) is 12.1. The van der Waals surface area contributed by atoms with Crippen LogP contribution in [0.2, 0.25) is 0 Å². The van der Waals surface area contributed by atoms with Crippen LogP contribution in [0.4, 0.5) is 0 Å². The van der Waals surface area contributed by atoms with Crippen molar-refractivity contribution in [2.24, 2.45) is 5.92 Å². The predicted molar refractivity (Wildman–Crippen MR) is 96.7 cm³/mol. The van der Waals surface area contributed by atoms with Crippen LogP contribution < -0.4 is 0 Å². The molecule has 1 saturated heterocycles. The summed E-state index contributed by atoms with van der Waals surface area (Å²) in [5.41, 5.74) is 1.85. The molecule has 132 valence electrons. The molecule has 5 nitrogen and oxygen atoms in total. The summed E-state index contributed by atoms with van der Waals surface area (Å²) in [6.45, 7) is 3.21. The zero-order valence-corrected chi connectivity index (χ0v) is 14.6. The molecular weight excluding hydrogens is 314 g/mol. The summed E-state index contributed by atoms with van der Waals surface area (Å²) in [7, 11) is 2.09. The maximum absolute atomic E-state index is 12.5. The van der Waals surface area contributed by atoms with Crippen LogP contribution in [0.25, 0.3) is 0 Å². The highest BCUT2D eigenvalue weighted by molar-refractivity contribution is 5.82. The van der Waals surface area contributed by atoms with Crippen molar-refractivity contribution in [2.45, 2.75) is 19.1 Å². The van der Waals surface area contributed by atoms with Crippen LogP contribution in [-0.2, 0) is 11.3 Å². The van der Waals surface area contributed by atoms with Gasteiger partial charge in [-0.15, -0.1) is 0 Å². The van der Waals surface area contributed by atoms with Gasteiger partial charge in [0.1, 0.15) is 0 Å². The fourth-order valence-electron chi connectivity index (χ4n) is 3.44. The highest BCUT2D eigenvalue weighted by atomic mass is 16.3. The van der Waals surface area contributed by atoms with Gasteiger partial charge >= 0.3 is 0 Å². The largest absolute Gasteiger partial charge is 0.378 e. The summed E-state index contributed by atoms with van der Waals surface area (Å²) < 4.78 is 0. The number of hydrogen-bond donors (Lipinski definition) is 1. The van der Waals surface area contributed by atoms with Crippen LogP contribution in [0, 0.1) is 5.92 Å². The Balaban J connectivity index is 1.50. The van der Waals surface area contributed by atoms with Crippen molar-refractivity contribution >= 4 is 5.91 Å². The van der Waals surface area contributed by atoms with Crippen LogP contribution in [0.5, 0.6) is 0 Å². The molecule has 2 aromatic rings. The van der Waals surface area contributed by atoms with E-state index in [-0.39, 0.29) is 5.91 Å². The number of aliphatic hydroxyl groups excluding tert-OH is 1. The summed E-state index contributed by atoms with van der Waals surface area (Å²) in [5.74, 6) is 0.247. The molecule has 0 spiro atoms. The van der Waals surface area contributed by atoms with Crippen molar-refractivity contribution < 1.29 is 9.90 Å². The zero-order valence-electron chi connectivity index (χ0n) is 14.6. The first-order valence-corrected chi connectivity index (χ1v) is 8.72. The highest BCUT2D eigenvalue weighted by Gasteiger charge is 2.31. The van der Waals surface area contributed by atoms with Gasteiger partial charge in [0.2, 0.25) is 0 Å². The number of aliphatic hydroxyl groups is 1. The van der Waals surface area contributed by atoms with Crippen molar-refractivity contribution in [3.63, 3.8) is 0 Å². The number of rotatable bonds is 6. The van der Waals surface area contributed by atoms with E-state index < -0.39 is 6.10 Å². The summed E-state index contributed by atoms with van der Waals surface area (Å²) in [4.78, 5) is 20.7. The lowest BCUT2D eigenvalue weighted by Gasteiger charge is -2.23. The number of pyridine rings is 1. The van der Waals surface area contributed by atoms with Gasteiger partial charge in [-0.1, -0.05) is 36.4 Å². The number of carbonyl (C=O) groups is 1. The van der Waals surface area contributed by atoms with Crippen molar-refractivity contribution in [1.82, 2.24) is 14.8 Å². The Labute approximate surface area is 148 Å². The van der Waals surface area contributed by atoms with E-state index in [0.717, 1.165) is 19.5 Å². The molecule has 0 aliphatic carbocycles. The van der Waals surface area contributed by atoms with E-state index in [0.29, 0.717) is 24.6 Å². The van der Waals surface area contributed by atoms with Crippen LogP contribution in [0.15, 0.2) is 54.9 Å². The summed E-state index contributed by atoms with van der Waals surface area (Å²) >= 11 is 0. The summed E-state index contributed by atoms with van der Waals surface area (Å²) in [6.07, 6.45) is 3.58. The minimum Gasteiger partial charge on any atom is -0.378 e. The fraction of sp³-hybridized carbons (Fsp3) is 0.400. The van der Waals surface area contributed by atoms with Crippen LogP contribution in [0.1, 0.15) is 23.7 Å². The molecule has 0 bridgehead atoms. The number of benzene rings is 1. The number of aromatic nitrogens is 1. The smallest absolute Gasteiger partial charge is 0.256 e. The van der Waals surface area contributed by atoms with Crippen LogP contribution in [-0.4, -0.2) is 52.5 Å². The highest BCUT2D eigenvalue weighted by Crippen LogP contribution is 2.22. The van der Waals surface area contributed by atoms with Crippen molar-refractivity contribution in [3.05, 3.63) is 66.0 Å². The number of amides is 1. The minimum atomic E-state index is -1.06. The molecule has 0 radical (unpaired) electrons. The van der Waals surface area contributed by atoms with Crippen molar-refractivity contribution in [1.29, 1.82) is 0 Å². The Bertz CT molecular complexity index is 678. The Hall–Kier alpha value is -2.24. The van der Waals surface area contributed by atoms with Gasteiger partial charge in [0.15, 0.2) is 6.10 Å². The van der Waals surface area contributed by atoms with Crippen molar-refractivity contribution in [3.8, 4) is 0 Å². The van der Waals surface area contributed by atoms with E-state index in [1.54, 1.807) is 23.2 Å². The van der Waals surface area contributed by atoms with Gasteiger partial charge in [-0.25, -0.2) is 0 Å². The average Bonchev–Trinajstić information content (AvgIpc) is 3.10. The maximum atomic E-state index is 12.5. The van der Waals surface area contributed by atoms with Crippen LogP contribution in [0.3, 0.4) is 0 Å². The number of nitrogens with zero attached hydrogens (tertiary/aromatic N) is 3. The second-order valence-corrected chi connectivity index (χ2v) is 6.81. The standard InChI is InChI=1S/C20H25N3O2/c1-22(13-16-6-5-10-21-12-16)14-17-9-11-23(15-17)20(25)19(24)18-7-3-2-4-8-18/h2-8,10,12,17,19,24H,9,11,13-15H2,1H3/t17-,19+/m1/s1. The lowest BCUT2D eigenvalue weighted by atomic mass is 10.1. The van der Waals surface area contributed by atoms with E-state index in [9.17, 15) is 9.90 Å². The number of carbonyl (C=O) groups excluding carboxylic acids is 1. The lowest BCUT2D eigenvalue weighted by molar-refractivity contribution is -0.139. The third kappa shape index (κ3) is 4.65. The topological polar surface area (TPSA) is 56.7 Å². The van der Waals surface area contributed by atoms with Gasteiger partial charge in [-0.05, 0) is 36.6 Å². The molecule has 1 aromatic carbocycles. The fourth-order valence-corrected chi connectivity index (χ4v) is 3.44. The third-order valence-corrected chi connectivity index (χ3v) is 4.69. The maximum Gasteiger partial charge on any atom is 0.256 e. The lowest BCUT2D eigenvalue weighted by Crippen LogP contribution is -2.34. The predicted octanol–water partition coefficient (Wildman–Crippen LogP) is 2.10. The number of likely N-dealkylation sites (tertiary alicyclic amines) is 1. The second-order valence-electron chi connectivity index (χ2n) is 6.81. The molecule has 3 rings (SSSR count). The minimum absolute atomic E-state index is 0.191. The van der Waals surface area contributed by atoms with E-state index in [1.165, 1.54) is 5.56 Å². The Morgan fingerprint density at radius 2 is 2.12 bits per heavy atom. The van der Waals surface area contributed by atoms with Gasteiger partial charge in [-0.2, -0.15) is 0 Å². The molecule has 2 heterocycles. The van der Waals surface area contributed by atoms with Gasteiger partial charge in [-0.3, -0.25) is 9.78 Å². The second kappa shape index (κ2) is 8.23. The molecule has 0 unspecified atom stereocenters. The third-order valence-electron chi connectivity index (χ3n) is 4.69. The molecule has 1 N–H and O–H groups in total. The van der Waals surface area contributed by atoms with E-state index in [1.807, 2.05) is 30.5 Å². The van der Waals surface area contributed by atoms with E-state index in [4.69, 9.17) is 0 Å². The molecule has 2 atom stereocenters. The Kier molecular flexibility index (Phi) is 5.79. The summed E-state index contributed by atoms with van der Waals surface area (Å²) in [6, 6.07) is 13.2. The molecule has 1 aromatic heterocycles. The molecule has 1 aliphatic rings. The zero-order chi connectivity index (χ0) is 17.6. The van der Waals surface area contributed by atoms with Crippen molar-refractivity contribution in [2.75, 3.05) is 26.7 Å². The molecule has 1 aliphatic heterocycles. The quantitative estimate of drug-likeness (QED) is 0.876. The van der Waals surface area contributed by atoms with E-state index >= 15 is 0 Å². The summed E-state index contributed by atoms with van der Waals surface area (Å²) in [5, 5.41) is 10.3.